The van der Waals surface area contributed by atoms with Crippen molar-refractivity contribution in [1.82, 2.24) is 14.7 Å². The number of nitrogens with one attached hydrogen (secondary N) is 2. The van der Waals surface area contributed by atoms with Crippen LogP contribution in [0.4, 0.5) is 25.0 Å². The monoisotopic (exact) mass is 337 g/mol. The molecule has 0 aliphatic carbocycles. The number of aromatic nitrogens is 2. The lowest BCUT2D eigenvalue weighted by molar-refractivity contribution is 0.262. The zero-order valence-electron chi connectivity index (χ0n) is 13.7. The summed E-state index contributed by atoms with van der Waals surface area (Å²) in [6.45, 7) is 7.69. The molecule has 0 unspecified atom stereocenters. The highest BCUT2D eigenvalue weighted by molar-refractivity contribution is 5.99. The van der Waals surface area contributed by atoms with E-state index in [0.29, 0.717) is 18.3 Å². The van der Waals surface area contributed by atoms with Gasteiger partial charge >= 0.3 is 6.03 Å². The molecule has 2 amide bonds. The maximum Gasteiger partial charge on any atom is 0.323 e. The Morgan fingerprint density at radius 2 is 2.00 bits per heavy atom. The average Bonchev–Trinajstić information content (AvgIpc) is 2.98. The molecule has 0 saturated heterocycles. The molecule has 0 atom stereocenters. The molecule has 0 aliphatic rings. The number of hydrogen-bond donors (Lipinski definition) is 2. The van der Waals surface area contributed by atoms with E-state index in [1.807, 2.05) is 0 Å². The Balaban J connectivity index is 1.88. The predicted octanol–water partition coefficient (Wildman–Crippen LogP) is 3.15. The number of carbonyl (C=O) groups excluding carboxylic acids is 1. The van der Waals surface area contributed by atoms with E-state index in [1.165, 1.54) is 6.20 Å². The minimum atomic E-state index is -0.833. The summed E-state index contributed by atoms with van der Waals surface area (Å²) in [6, 6.07) is 2.33. The van der Waals surface area contributed by atoms with Gasteiger partial charge in [0.1, 0.15) is 11.6 Å². The van der Waals surface area contributed by atoms with Gasteiger partial charge in [0.05, 0.1) is 24.1 Å². The Hall–Kier alpha value is -2.48. The molecular weight excluding hydrogens is 316 g/mol. The molecule has 24 heavy (non-hydrogen) atoms. The van der Waals surface area contributed by atoms with Crippen LogP contribution in [0.25, 0.3) is 0 Å². The van der Waals surface area contributed by atoms with E-state index in [-0.39, 0.29) is 5.69 Å². The van der Waals surface area contributed by atoms with E-state index < -0.39 is 17.7 Å². The smallest absolute Gasteiger partial charge is 0.305 e. The van der Waals surface area contributed by atoms with E-state index in [1.54, 1.807) is 10.9 Å². The van der Waals surface area contributed by atoms with Gasteiger partial charge in [0.2, 0.25) is 0 Å². The number of anilines is 2. The molecular formula is C16H21F2N5O. The summed E-state index contributed by atoms with van der Waals surface area (Å²) in [5.41, 5.74) is 0.400. The first-order valence-corrected chi connectivity index (χ1v) is 7.79. The van der Waals surface area contributed by atoms with Gasteiger partial charge in [0.25, 0.3) is 0 Å². The summed E-state index contributed by atoms with van der Waals surface area (Å²) in [6.07, 6.45) is 3.22. The number of rotatable bonds is 7. The van der Waals surface area contributed by atoms with Crippen molar-refractivity contribution >= 4 is 17.4 Å². The standard InChI is InChI=1S/C16H21F2N5O/c1-3-22(4-2)7-8-23-11-13(10-19-23)20-16(24)21-15-6-5-12(17)9-14(15)18/h5-6,9-11H,3-4,7-8H2,1-2H3,(H2,20,21,24). The van der Waals surface area contributed by atoms with Gasteiger partial charge in [0.15, 0.2) is 0 Å². The van der Waals surface area contributed by atoms with Crippen LogP contribution >= 0.6 is 0 Å². The largest absolute Gasteiger partial charge is 0.323 e. The molecule has 0 saturated carbocycles. The van der Waals surface area contributed by atoms with Crippen molar-refractivity contribution in [2.75, 3.05) is 30.3 Å². The lowest BCUT2D eigenvalue weighted by Crippen LogP contribution is -2.27. The summed E-state index contributed by atoms with van der Waals surface area (Å²) >= 11 is 0. The lowest BCUT2D eigenvalue weighted by atomic mass is 10.3. The molecule has 1 aromatic carbocycles. The molecule has 6 nitrogen and oxygen atoms in total. The highest BCUT2D eigenvalue weighted by Crippen LogP contribution is 2.15. The first-order valence-electron chi connectivity index (χ1n) is 7.79. The SMILES string of the molecule is CCN(CC)CCn1cc(NC(=O)Nc2ccc(F)cc2F)cn1. The summed E-state index contributed by atoms with van der Waals surface area (Å²) < 4.78 is 28.1. The van der Waals surface area contributed by atoms with Crippen LogP contribution in [-0.4, -0.2) is 40.3 Å². The summed E-state index contributed by atoms with van der Waals surface area (Å²) in [5.74, 6) is -1.53. The van der Waals surface area contributed by atoms with E-state index >= 15 is 0 Å². The maximum atomic E-state index is 13.5. The van der Waals surface area contributed by atoms with Crippen molar-refractivity contribution < 1.29 is 13.6 Å². The van der Waals surface area contributed by atoms with Crippen LogP contribution in [0.1, 0.15) is 13.8 Å². The van der Waals surface area contributed by atoms with Gasteiger partial charge in [-0.05, 0) is 25.2 Å². The van der Waals surface area contributed by atoms with Gasteiger partial charge in [-0.25, -0.2) is 13.6 Å². The first-order chi connectivity index (χ1) is 11.5. The number of urea groups is 1. The molecule has 0 fully saturated rings. The minimum Gasteiger partial charge on any atom is -0.305 e. The molecule has 130 valence electrons. The van der Waals surface area contributed by atoms with Crippen LogP contribution in [0.3, 0.4) is 0 Å². The molecule has 0 bridgehead atoms. The van der Waals surface area contributed by atoms with Crippen LogP contribution in [-0.2, 0) is 6.54 Å². The second kappa shape index (κ2) is 8.39. The zero-order valence-corrected chi connectivity index (χ0v) is 13.7. The van der Waals surface area contributed by atoms with Gasteiger partial charge in [0, 0.05) is 18.8 Å². The van der Waals surface area contributed by atoms with Crippen molar-refractivity contribution in [3.05, 3.63) is 42.2 Å². The van der Waals surface area contributed by atoms with Crippen molar-refractivity contribution in [1.29, 1.82) is 0 Å². The number of likely N-dealkylation sites (N-methyl/N-ethyl adjacent to an activating group) is 1. The Kier molecular flexibility index (Phi) is 6.25. The number of halogens is 2. The van der Waals surface area contributed by atoms with Crippen LogP contribution in [0, 0.1) is 11.6 Å². The second-order valence-corrected chi connectivity index (χ2v) is 5.22. The number of nitrogens with zero attached hydrogens (tertiary/aromatic N) is 3. The highest BCUT2D eigenvalue weighted by Gasteiger charge is 2.09. The Bertz CT molecular complexity index is 685. The molecule has 2 rings (SSSR count). The van der Waals surface area contributed by atoms with E-state index in [4.69, 9.17) is 0 Å². The summed E-state index contributed by atoms with van der Waals surface area (Å²) in [7, 11) is 0. The minimum absolute atomic E-state index is 0.0946. The number of amides is 2. The van der Waals surface area contributed by atoms with E-state index in [9.17, 15) is 13.6 Å². The molecule has 1 heterocycles. The highest BCUT2D eigenvalue weighted by atomic mass is 19.1. The number of benzene rings is 1. The molecule has 0 aliphatic heterocycles. The van der Waals surface area contributed by atoms with Crippen LogP contribution in [0.5, 0.6) is 0 Å². The molecule has 1 aromatic heterocycles. The normalized spacial score (nSPS) is 10.9. The fourth-order valence-corrected chi connectivity index (χ4v) is 2.21. The van der Waals surface area contributed by atoms with Crippen molar-refractivity contribution in [2.24, 2.45) is 0 Å². The molecule has 2 N–H and O–H groups in total. The van der Waals surface area contributed by atoms with Crippen LogP contribution < -0.4 is 10.6 Å². The Morgan fingerprint density at radius 3 is 2.67 bits per heavy atom. The van der Waals surface area contributed by atoms with E-state index in [0.717, 1.165) is 31.8 Å². The quantitative estimate of drug-likeness (QED) is 0.816. The second-order valence-electron chi connectivity index (χ2n) is 5.22. The van der Waals surface area contributed by atoms with Gasteiger partial charge in [-0.3, -0.25) is 4.68 Å². The predicted molar refractivity (Wildman–Crippen MR) is 89.0 cm³/mol. The van der Waals surface area contributed by atoms with Crippen molar-refractivity contribution in [3.8, 4) is 0 Å². The van der Waals surface area contributed by atoms with Gasteiger partial charge in [-0.15, -0.1) is 0 Å². The maximum absolute atomic E-state index is 13.5. The zero-order chi connectivity index (χ0) is 17.5. The van der Waals surface area contributed by atoms with Crippen LogP contribution in [0.15, 0.2) is 30.6 Å². The fraction of sp³-hybridized carbons (Fsp3) is 0.375. The lowest BCUT2D eigenvalue weighted by Gasteiger charge is -2.17. The third-order valence-corrected chi connectivity index (χ3v) is 3.61. The number of carbonyl (C=O) groups is 1. The molecule has 0 spiro atoms. The average molecular weight is 337 g/mol. The Labute approximate surface area is 139 Å². The van der Waals surface area contributed by atoms with Gasteiger partial charge in [-0.1, -0.05) is 13.8 Å². The third-order valence-electron chi connectivity index (χ3n) is 3.61. The molecule has 2 aromatic rings. The van der Waals surface area contributed by atoms with E-state index in [2.05, 4.69) is 34.5 Å². The fourth-order valence-electron chi connectivity index (χ4n) is 2.21. The third kappa shape index (κ3) is 5.02. The molecule has 8 heteroatoms. The van der Waals surface area contributed by atoms with Gasteiger partial charge < -0.3 is 15.5 Å². The van der Waals surface area contributed by atoms with Crippen molar-refractivity contribution in [3.63, 3.8) is 0 Å². The van der Waals surface area contributed by atoms with Gasteiger partial charge in [-0.2, -0.15) is 5.10 Å². The number of hydrogen-bond acceptors (Lipinski definition) is 3. The summed E-state index contributed by atoms with van der Waals surface area (Å²) in [5, 5.41) is 9.06. The molecule has 0 radical (unpaired) electrons. The van der Waals surface area contributed by atoms with Crippen LogP contribution in [0.2, 0.25) is 0 Å². The van der Waals surface area contributed by atoms with Crippen molar-refractivity contribution in [2.45, 2.75) is 20.4 Å². The topological polar surface area (TPSA) is 62.2 Å². The Morgan fingerprint density at radius 1 is 1.25 bits per heavy atom. The first kappa shape index (κ1) is 17.9. The summed E-state index contributed by atoms with van der Waals surface area (Å²) in [4.78, 5) is 14.1.